The van der Waals surface area contributed by atoms with Gasteiger partial charge in [0.15, 0.2) is 5.12 Å². The molecule has 1 aliphatic heterocycles. The number of aryl methyl sites for hydroxylation is 1. The number of thioether (sulfide) groups is 1. The molecule has 10 heteroatoms. The SMILES string of the molecule is CC(=O)SC1CCN(OC(=O)C(F)(F)F)C/C1=C\c1ccnn1C. The van der Waals surface area contributed by atoms with E-state index in [1.54, 1.807) is 30.1 Å². The molecule has 0 bridgehead atoms. The van der Waals surface area contributed by atoms with E-state index in [1.807, 2.05) is 0 Å². The van der Waals surface area contributed by atoms with Gasteiger partial charge in [-0.25, -0.2) is 4.79 Å². The van der Waals surface area contributed by atoms with Crippen molar-refractivity contribution in [3.05, 3.63) is 23.5 Å². The van der Waals surface area contributed by atoms with Crippen LogP contribution in [0.3, 0.4) is 0 Å². The highest BCUT2D eigenvalue weighted by molar-refractivity contribution is 8.14. The van der Waals surface area contributed by atoms with Gasteiger partial charge in [-0.1, -0.05) is 11.8 Å². The van der Waals surface area contributed by atoms with E-state index in [2.05, 4.69) is 9.94 Å². The first-order chi connectivity index (χ1) is 11.2. The van der Waals surface area contributed by atoms with E-state index in [1.165, 1.54) is 6.92 Å². The molecule has 2 heterocycles. The third kappa shape index (κ3) is 4.84. The summed E-state index contributed by atoms with van der Waals surface area (Å²) in [4.78, 5) is 26.8. The van der Waals surface area contributed by atoms with Gasteiger partial charge >= 0.3 is 12.1 Å². The maximum Gasteiger partial charge on any atom is 0.492 e. The van der Waals surface area contributed by atoms with Crippen LogP contribution in [-0.2, 0) is 21.5 Å². The van der Waals surface area contributed by atoms with Crippen LogP contribution in [0.4, 0.5) is 13.2 Å². The van der Waals surface area contributed by atoms with Crippen molar-refractivity contribution in [1.29, 1.82) is 0 Å². The van der Waals surface area contributed by atoms with Crippen LogP contribution < -0.4 is 0 Å². The Morgan fingerprint density at radius 2 is 2.17 bits per heavy atom. The lowest BCUT2D eigenvalue weighted by Crippen LogP contribution is -2.41. The van der Waals surface area contributed by atoms with Crippen molar-refractivity contribution in [2.45, 2.75) is 24.8 Å². The Bertz CT molecular complexity index is 657. The van der Waals surface area contributed by atoms with Gasteiger partial charge in [0.1, 0.15) is 0 Å². The molecule has 0 amide bonds. The van der Waals surface area contributed by atoms with Crippen LogP contribution in [0.5, 0.6) is 0 Å². The molecule has 0 spiro atoms. The van der Waals surface area contributed by atoms with Gasteiger partial charge in [0, 0.05) is 32.0 Å². The maximum absolute atomic E-state index is 12.3. The Kier molecular flexibility index (Phi) is 5.70. The Labute approximate surface area is 140 Å². The van der Waals surface area contributed by atoms with E-state index in [-0.39, 0.29) is 23.5 Å². The number of nitrogens with zero attached hydrogens (tertiary/aromatic N) is 3. The second kappa shape index (κ2) is 7.39. The smallest absolute Gasteiger partial charge is 0.360 e. The molecule has 24 heavy (non-hydrogen) atoms. The average molecular weight is 363 g/mol. The van der Waals surface area contributed by atoms with Crippen molar-refractivity contribution in [2.24, 2.45) is 7.05 Å². The van der Waals surface area contributed by atoms with Crippen molar-refractivity contribution in [3.63, 3.8) is 0 Å². The summed E-state index contributed by atoms with van der Waals surface area (Å²) in [5.74, 6) is -2.25. The highest BCUT2D eigenvalue weighted by Crippen LogP contribution is 2.30. The lowest BCUT2D eigenvalue weighted by atomic mass is 10.0. The summed E-state index contributed by atoms with van der Waals surface area (Å²) in [6, 6.07) is 1.74. The molecule has 1 aromatic heterocycles. The molecule has 2 rings (SSSR count). The van der Waals surface area contributed by atoms with Crippen LogP contribution in [0.2, 0.25) is 0 Å². The largest absolute Gasteiger partial charge is 0.492 e. The molecule has 0 aromatic carbocycles. The molecule has 1 fully saturated rings. The van der Waals surface area contributed by atoms with E-state index < -0.39 is 12.1 Å². The Morgan fingerprint density at radius 3 is 2.71 bits per heavy atom. The summed E-state index contributed by atoms with van der Waals surface area (Å²) in [6.45, 7) is 1.55. The lowest BCUT2D eigenvalue weighted by molar-refractivity contribution is -0.238. The molecule has 0 saturated carbocycles. The second-order valence-corrected chi connectivity index (χ2v) is 6.61. The molecule has 1 atom stereocenters. The van der Waals surface area contributed by atoms with Crippen molar-refractivity contribution in [1.82, 2.24) is 14.8 Å². The number of carbonyl (C=O) groups excluding carboxylic acids is 2. The summed E-state index contributed by atoms with van der Waals surface area (Å²) in [5, 5.41) is 4.72. The van der Waals surface area contributed by atoms with Gasteiger partial charge in [0.2, 0.25) is 0 Å². The fraction of sp³-hybridized carbons (Fsp3) is 0.500. The standard InChI is InChI=1S/C14H16F3N3O3S/c1-9(21)24-12-4-6-20(23-13(22)14(15,16)17)8-10(12)7-11-3-5-18-19(11)2/h3,5,7,12H,4,6,8H2,1-2H3/b10-7+. The van der Waals surface area contributed by atoms with Crippen LogP contribution in [0.25, 0.3) is 6.08 Å². The molecule has 1 saturated heterocycles. The number of halogens is 3. The molecular formula is C14H16F3N3O3S. The van der Waals surface area contributed by atoms with E-state index in [4.69, 9.17) is 0 Å². The molecule has 1 aliphatic rings. The fourth-order valence-corrected chi connectivity index (χ4v) is 3.19. The summed E-state index contributed by atoms with van der Waals surface area (Å²) in [7, 11) is 1.73. The number of rotatable bonds is 3. The lowest BCUT2D eigenvalue weighted by Gasteiger charge is -2.32. The van der Waals surface area contributed by atoms with E-state index in [0.717, 1.165) is 22.5 Å². The maximum atomic E-state index is 12.3. The van der Waals surface area contributed by atoms with Crippen molar-refractivity contribution < 1.29 is 27.6 Å². The second-order valence-electron chi connectivity index (χ2n) is 5.23. The molecule has 132 valence electrons. The van der Waals surface area contributed by atoms with Gasteiger partial charge < -0.3 is 4.84 Å². The van der Waals surface area contributed by atoms with Crippen molar-refractivity contribution >= 4 is 28.9 Å². The minimum absolute atomic E-state index is 0.00204. The van der Waals surface area contributed by atoms with Gasteiger partial charge in [0.05, 0.1) is 12.2 Å². The Balaban J connectivity index is 2.17. The predicted molar refractivity (Wildman–Crippen MR) is 81.6 cm³/mol. The third-order valence-electron chi connectivity index (χ3n) is 3.36. The zero-order valence-electron chi connectivity index (χ0n) is 13.0. The zero-order chi connectivity index (χ0) is 17.9. The third-order valence-corrected chi connectivity index (χ3v) is 4.51. The fourth-order valence-electron chi connectivity index (χ4n) is 2.27. The molecule has 6 nitrogen and oxygen atoms in total. The number of hydrogen-bond donors (Lipinski definition) is 0. The number of hydroxylamine groups is 2. The zero-order valence-corrected chi connectivity index (χ0v) is 13.9. The van der Waals surface area contributed by atoms with Gasteiger partial charge in [-0.2, -0.15) is 18.3 Å². The molecule has 0 aliphatic carbocycles. The van der Waals surface area contributed by atoms with Gasteiger partial charge in [-0.3, -0.25) is 9.48 Å². The van der Waals surface area contributed by atoms with Crippen LogP contribution in [0, 0.1) is 0 Å². The molecular weight excluding hydrogens is 347 g/mol. The number of carbonyl (C=O) groups is 2. The first-order valence-electron chi connectivity index (χ1n) is 7.06. The molecule has 0 radical (unpaired) electrons. The normalized spacial score (nSPS) is 21.0. The van der Waals surface area contributed by atoms with Gasteiger partial charge in [-0.05, 0) is 24.1 Å². The summed E-state index contributed by atoms with van der Waals surface area (Å²) >= 11 is 1.11. The van der Waals surface area contributed by atoms with Crippen LogP contribution in [0.15, 0.2) is 17.8 Å². The predicted octanol–water partition coefficient (Wildman–Crippen LogP) is 2.18. The van der Waals surface area contributed by atoms with Crippen LogP contribution >= 0.6 is 11.8 Å². The number of aromatic nitrogens is 2. The molecule has 0 N–H and O–H groups in total. The van der Waals surface area contributed by atoms with Crippen LogP contribution in [-0.4, -0.2) is 50.4 Å². The quantitative estimate of drug-likeness (QED) is 0.820. The number of alkyl halides is 3. The van der Waals surface area contributed by atoms with E-state index in [9.17, 15) is 22.8 Å². The average Bonchev–Trinajstić information content (AvgIpc) is 2.85. The van der Waals surface area contributed by atoms with Crippen molar-refractivity contribution in [3.8, 4) is 0 Å². The Hall–Kier alpha value is -1.81. The molecule has 1 aromatic rings. The van der Waals surface area contributed by atoms with Gasteiger partial charge in [0.25, 0.3) is 0 Å². The number of piperidine rings is 1. The summed E-state index contributed by atoms with van der Waals surface area (Å²) in [5.41, 5.74) is 1.43. The monoisotopic (exact) mass is 363 g/mol. The van der Waals surface area contributed by atoms with Crippen molar-refractivity contribution in [2.75, 3.05) is 13.1 Å². The van der Waals surface area contributed by atoms with Gasteiger partial charge in [-0.15, -0.1) is 5.06 Å². The highest BCUT2D eigenvalue weighted by Gasteiger charge is 2.43. The minimum atomic E-state index is -5.04. The minimum Gasteiger partial charge on any atom is -0.360 e. The number of hydrogen-bond acceptors (Lipinski definition) is 6. The van der Waals surface area contributed by atoms with Crippen LogP contribution in [0.1, 0.15) is 19.0 Å². The Morgan fingerprint density at radius 1 is 1.46 bits per heavy atom. The topological polar surface area (TPSA) is 64.4 Å². The summed E-state index contributed by atoms with van der Waals surface area (Å²) < 4.78 is 38.6. The van der Waals surface area contributed by atoms with E-state index in [0.29, 0.717) is 12.0 Å². The highest BCUT2D eigenvalue weighted by atomic mass is 32.2. The molecule has 1 unspecified atom stereocenters. The first-order valence-corrected chi connectivity index (χ1v) is 7.94. The van der Waals surface area contributed by atoms with E-state index >= 15 is 0 Å². The summed E-state index contributed by atoms with van der Waals surface area (Å²) in [6.07, 6.45) is -1.32. The first kappa shape index (κ1) is 18.5.